The number of sulfonamides is 1. The molecule has 1 unspecified atom stereocenters. The third-order valence-corrected chi connectivity index (χ3v) is 3.21. The van der Waals surface area contributed by atoms with Gasteiger partial charge in [0.2, 0.25) is 15.9 Å². The summed E-state index contributed by atoms with van der Waals surface area (Å²) in [6.07, 6.45) is 2.51. The molecule has 118 valence electrons. The minimum absolute atomic E-state index is 0.0624. The van der Waals surface area contributed by atoms with Gasteiger partial charge in [0.25, 0.3) is 0 Å². The number of aliphatic carboxylic acids is 1. The first kappa shape index (κ1) is 18.9. The van der Waals surface area contributed by atoms with Crippen LogP contribution in [0.3, 0.4) is 0 Å². The Morgan fingerprint density at radius 3 is 2.25 bits per heavy atom. The summed E-state index contributed by atoms with van der Waals surface area (Å²) in [6.45, 7) is 4.14. The molecule has 20 heavy (non-hydrogen) atoms. The van der Waals surface area contributed by atoms with Gasteiger partial charge in [-0.05, 0) is 25.2 Å². The summed E-state index contributed by atoms with van der Waals surface area (Å²) in [5, 5.41) is 11.1. The number of carboxylic acid groups (broad SMARTS) is 1. The fourth-order valence-corrected chi connectivity index (χ4v) is 2.39. The number of carbonyl (C=O) groups is 2. The number of carboxylic acids is 1. The number of amides is 1. The van der Waals surface area contributed by atoms with Crippen LogP contribution >= 0.6 is 0 Å². The fraction of sp³-hybridized carbons (Fsp3) is 0.833. The minimum atomic E-state index is -3.45. The molecule has 1 atom stereocenters. The Morgan fingerprint density at radius 1 is 1.20 bits per heavy atom. The largest absolute Gasteiger partial charge is 0.481 e. The van der Waals surface area contributed by atoms with E-state index < -0.39 is 22.0 Å². The number of hydrogen-bond donors (Lipinski definition) is 3. The van der Waals surface area contributed by atoms with E-state index in [1.807, 2.05) is 13.8 Å². The minimum Gasteiger partial charge on any atom is -0.481 e. The molecular formula is C12H24N2O5S. The average molecular weight is 308 g/mol. The summed E-state index contributed by atoms with van der Waals surface area (Å²) in [6, 6.07) is -0.788. The van der Waals surface area contributed by atoms with E-state index in [-0.39, 0.29) is 18.2 Å². The maximum absolute atomic E-state index is 11.9. The van der Waals surface area contributed by atoms with Gasteiger partial charge in [-0.25, -0.2) is 13.1 Å². The number of carbonyl (C=O) groups excluding carboxylic acids is 1. The molecule has 0 aromatic heterocycles. The fourth-order valence-electron chi connectivity index (χ4n) is 1.67. The van der Waals surface area contributed by atoms with Gasteiger partial charge in [0, 0.05) is 13.0 Å². The first-order valence-electron chi connectivity index (χ1n) is 6.58. The van der Waals surface area contributed by atoms with E-state index in [4.69, 9.17) is 5.11 Å². The van der Waals surface area contributed by atoms with E-state index in [9.17, 15) is 18.0 Å². The lowest BCUT2D eigenvalue weighted by Gasteiger charge is -2.19. The molecule has 3 N–H and O–H groups in total. The zero-order valence-corrected chi connectivity index (χ0v) is 13.0. The summed E-state index contributed by atoms with van der Waals surface area (Å²) in [4.78, 5) is 22.2. The molecular weight excluding hydrogens is 284 g/mol. The smallest absolute Gasteiger partial charge is 0.303 e. The molecule has 0 aromatic carbocycles. The number of hydrogen-bond acceptors (Lipinski definition) is 4. The average Bonchev–Trinajstić information content (AvgIpc) is 2.24. The van der Waals surface area contributed by atoms with Crippen LogP contribution in [0.25, 0.3) is 0 Å². The quantitative estimate of drug-likeness (QED) is 0.503. The van der Waals surface area contributed by atoms with Crippen molar-refractivity contribution in [1.82, 2.24) is 10.0 Å². The van der Waals surface area contributed by atoms with E-state index in [2.05, 4.69) is 10.0 Å². The van der Waals surface area contributed by atoms with Crippen LogP contribution in [0.4, 0.5) is 0 Å². The third-order valence-electron chi connectivity index (χ3n) is 2.50. The molecule has 0 aliphatic rings. The van der Waals surface area contributed by atoms with Gasteiger partial charge in [-0.15, -0.1) is 0 Å². The Labute approximate surface area is 120 Å². The van der Waals surface area contributed by atoms with Crippen LogP contribution in [0.2, 0.25) is 0 Å². The second-order valence-corrected chi connectivity index (χ2v) is 6.99. The van der Waals surface area contributed by atoms with E-state index in [1.165, 1.54) is 0 Å². The summed E-state index contributed by atoms with van der Waals surface area (Å²) in [5.41, 5.74) is 0. The number of nitrogens with one attached hydrogen (secondary N) is 2. The monoisotopic (exact) mass is 308 g/mol. The van der Waals surface area contributed by atoms with Crippen molar-refractivity contribution >= 4 is 21.9 Å². The lowest BCUT2D eigenvalue weighted by atomic mass is 10.0. The molecule has 7 nitrogen and oxygen atoms in total. The van der Waals surface area contributed by atoms with Crippen molar-refractivity contribution in [3.63, 3.8) is 0 Å². The zero-order chi connectivity index (χ0) is 15.8. The van der Waals surface area contributed by atoms with Crippen molar-refractivity contribution in [3.8, 4) is 0 Å². The molecule has 8 heteroatoms. The van der Waals surface area contributed by atoms with Gasteiger partial charge in [-0.2, -0.15) is 0 Å². The van der Waals surface area contributed by atoms with Gasteiger partial charge in [0.05, 0.1) is 6.26 Å². The van der Waals surface area contributed by atoms with Crippen LogP contribution < -0.4 is 10.0 Å². The van der Waals surface area contributed by atoms with Crippen molar-refractivity contribution in [1.29, 1.82) is 0 Å². The highest BCUT2D eigenvalue weighted by Crippen LogP contribution is 2.06. The predicted molar refractivity (Wildman–Crippen MR) is 75.7 cm³/mol. The first-order valence-corrected chi connectivity index (χ1v) is 8.47. The molecule has 0 aliphatic carbocycles. The summed E-state index contributed by atoms with van der Waals surface area (Å²) >= 11 is 0. The molecule has 0 aromatic rings. The molecule has 1 amide bonds. The molecule has 0 aliphatic heterocycles. The molecule has 0 bridgehead atoms. The van der Waals surface area contributed by atoms with Gasteiger partial charge in [0.1, 0.15) is 6.04 Å². The predicted octanol–water partition coefficient (Wildman–Crippen LogP) is 0.321. The summed E-state index contributed by atoms with van der Waals surface area (Å²) < 4.78 is 24.8. The Bertz CT molecular complexity index is 420. The highest BCUT2D eigenvalue weighted by atomic mass is 32.2. The lowest BCUT2D eigenvalue weighted by Crippen LogP contribution is -2.47. The molecule has 0 fully saturated rings. The zero-order valence-electron chi connectivity index (χ0n) is 12.2. The first-order chi connectivity index (χ1) is 9.11. The molecule has 0 radical (unpaired) electrons. The van der Waals surface area contributed by atoms with E-state index in [0.717, 1.165) is 6.26 Å². The lowest BCUT2D eigenvalue weighted by molar-refractivity contribution is -0.137. The SMILES string of the molecule is CC(C)CC(NS(C)(=O)=O)C(=O)NCCCCC(=O)O. The molecule has 0 spiro atoms. The van der Waals surface area contributed by atoms with Gasteiger partial charge in [0.15, 0.2) is 0 Å². The van der Waals surface area contributed by atoms with E-state index in [1.54, 1.807) is 0 Å². The van der Waals surface area contributed by atoms with Gasteiger partial charge < -0.3 is 10.4 Å². The van der Waals surface area contributed by atoms with Gasteiger partial charge in [-0.1, -0.05) is 13.8 Å². The Hall–Kier alpha value is -1.15. The highest BCUT2D eigenvalue weighted by Gasteiger charge is 2.22. The standard InChI is InChI=1S/C12H24N2O5S/c1-9(2)8-10(14-20(3,18)19)12(17)13-7-5-4-6-11(15)16/h9-10,14H,4-8H2,1-3H3,(H,13,17)(H,15,16). The van der Waals surface area contributed by atoms with Crippen molar-refractivity contribution in [3.05, 3.63) is 0 Å². The summed E-state index contributed by atoms with van der Waals surface area (Å²) in [5.74, 6) is -1.07. The van der Waals surface area contributed by atoms with Crippen LogP contribution in [0.15, 0.2) is 0 Å². The van der Waals surface area contributed by atoms with Crippen molar-refractivity contribution in [2.75, 3.05) is 12.8 Å². The van der Waals surface area contributed by atoms with Crippen LogP contribution in [-0.4, -0.2) is 44.2 Å². The Kier molecular flexibility index (Phi) is 8.40. The van der Waals surface area contributed by atoms with Crippen molar-refractivity contribution < 1.29 is 23.1 Å². The molecule has 0 saturated heterocycles. The van der Waals surface area contributed by atoms with E-state index in [0.29, 0.717) is 25.8 Å². The maximum atomic E-state index is 11.9. The summed E-state index contributed by atoms with van der Waals surface area (Å²) in [7, 11) is -3.45. The van der Waals surface area contributed by atoms with Crippen molar-refractivity contribution in [2.45, 2.75) is 45.6 Å². The van der Waals surface area contributed by atoms with Crippen LogP contribution in [0, 0.1) is 5.92 Å². The second-order valence-electron chi connectivity index (χ2n) is 5.21. The van der Waals surface area contributed by atoms with E-state index >= 15 is 0 Å². The number of rotatable bonds is 10. The van der Waals surface area contributed by atoms with Gasteiger partial charge in [-0.3, -0.25) is 9.59 Å². The number of unbranched alkanes of at least 4 members (excludes halogenated alkanes) is 1. The highest BCUT2D eigenvalue weighted by molar-refractivity contribution is 7.88. The van der Waals surface area contributed by atoms with Crippen LogP contribution in [0.5, 0.6) is 0 Å². The van der Waals surface area contributed by atoms with Gasteiger partial charge >= 0.3 is 5.97 Å². The Morgan fingerprint density at radius 2 is 1.80 bits per heavy atom. The maximum Gasteiger partial charge on any atom is 0.303 e. The third kappa shape index (κ3) is 10.7. The Balaban J connectivity index is 4.24. The topological polar surface area (TPSA) is 113 Å². The normalized spacial score (nSPS) is 13.2. The second kappa shape index (κ2) is 8.91. The molecule has 0 saturated carbocycles. The van der Waals surface area contributed by atoms with Crippen LogP contribution in [-0.2, 0) is 19.6 Å². The molecule has 0 heterocycles. The van der Waals surface area contributed by atoms with Crippen molar-refractivity contribution in [2.24, 2.45) is 5.92 Å². The molecule has 0 rings (SSSR count). The van der Waals surface area contributed by atoms with Crippen LogP contribution in [0.1, 0.15) is 39.5 Å².